The third-order valence-electron chi connectivity index (χ3n) is 2.38. The molecule has 16 heavy (non-hydrogen) atoms. The molecule has 1 saturated carbocycles. The van der Waals surface area contributed by atoms with E-state index in [0.29, 0.717) is 12.8 Å². The van der Waals surface area contributed by atoms with Crippen LogP contribution in [0.4, 0.5) is 0 Å². The van der Waals surface area contributed by atoms with Gasteiger partial charge >= 0.3 is 0 Å². The summed E-state index contributed by atoms with van der Waals surface area (Å²) in [5.74, 6) is 0. The number of aromatic nitrogens is 1. The lowest BCUT2D eigenvalue weighted by molar-refractivity contribution is 0.593. The highest BCUT2D eigenvalue weighted by molar-refractivity contribution is 7.92. The van der Waals surface area contributed by atoms with Gasteiger partial charge in [0, 0.05) is 6.20 Å². The molecule has 1 aliphatic carbocycles. The highest BCUT2D eigenvalue weighted by Crippen LogP contribution is 2.35. The number of pyridine rings is 1. The summed E-state index contributed by atoms with van der Waals surface area (Å²) in [5.41, 5.74) is -0.190. The largest absolute Gasteiger partial charge is 0.244 e. The molecule has 1 aromatic heterocycles. The average Bonchev–Trinajstić information content (AvgIpc) is 3.11. The maximum Gasteiger partial charge on any atom is 0.185 e. The summed E-state index contributed by atoms with van der Waals surface area (Å²) in [7, 11) is -3.56. The zero-order chi connectivity index (χ0) is 11.8. The van der Waals surface area contributed by atoms with Crippen LogP contribution in [0.1, 0.15) is 24.1 Å². The first-order chi connectivity index (χ1) is 7.61. The lowest BCUT2D eigenvalue weighted by Crippen LogP contribution is -2.12. The van der Waals surface area contributed by atoms with Crippen molar-refractivity contribution < 1.29 is 8.42 Å². The van der Waals surface area contributed by atoms with Crippen LogP contribution in [0.25, 0.3) is 0 Å². The Kier molecular flexibility index (Phi) is 2.37. The van der Waals surface area contributed by atoms with Crippen LogP contribution in [-0.2, 0) is 9.84 Å². The van der Waals surface area contributed by atoms with Crippen LogP contribution in [0.5, 0.6) is 0 Å². The fraction of sp³-hybridized carbons (Fsp3) is 0.300. The van der Waals surface area contributed by atoms with Gasteiger partial charge in [0.15, 0.2) is 15.5 Å². The van der Waals surface area contributed by atoms with Gasteiger partial charge in [-0.1, -0.05) is 0 Å². The van der Waals surface area contributed by atoms with Crippen LogP contribution in [0.2, 0.25) is 0 Å². The molecule has 80 valence electrons. The Hall–Kier alpha value is -1.92. The van der Waals surface area contributed by atoms with Crippen LogP contribution >= 0.6 is 0 Å². The van der Waals surface area contributed by atoms with E-state index in [9.17, 15) is 8.42 Å². The Balaban J connectivity index is 2.73. The number of hydrogen-bond donors (Lipinski definition) is 0. The van der Waals surface area contributed by atoms with Crippen molar-refractivity contribution in [1.82, 2.24) is 4.98 Å². The summed E-state index contributed by atoms with van der Waals surface area (Å²) >= 11 is 0. The fourth-order valence-corrected chi connectivity index (χ4v) is 3.33. The molecule has 0 saturated heterocycles. The number of nitriles is 2. The van der Waals surface area contributed by atoms with Crippen LogP contribution < -0.4 is 0 Å². The molecular weight excluding hydrogens is 226 g/mol. The van der Waals surface area contributed by atoms with Gasteiger partial charge in [-0.05, 0) is 18.9 Å². The predicted octanol–water partition coefficient (Wildman–Crippen LogP) is 0.761. The van der Waals surface area contributed by atoms with E-state index in [-0.39, 0.29) is 16.2 Å². The Bertz CT molecular complexity index is 586. The van der Waals surface area contributed by atoms with Crippen molar-refractivity contribution in [3.63, 3.8) is 0 Å². The highest BCUT2D eigenvalue weighted by Gasteiger charge is 2.40. The highest BCUT2D eigenvalue weighted by atomic mass is 32.2. The van der Waals surface area contributed by atoms with E-state index in [0.717, 1.165) is 0 Å². The number of hydrogen-bond acceptors (Lipinski definition) is 5. The van der Waals surface area contributed by atoms with Gasteiger partial charge < -0.3 is 0 Å². The number of nitrogens with zero attached hydrogens (tertiary/aromatic N) is 3. The van der Waals surface area contributed by atoms with Gasteiger partial charge in [0.2, 0.25) is 0 Å². The molecule has 0 bridgehead atoms. The molecule has 1 heterocycles. The van der Waals surface area contributed by atoms with Crippen molar-refractivity contribution in [2.75, 3.05) is 0 Å². The Morgan fingerprint density at radius 2 is 2.00 bits per heavy atom. The molecular formula is C10H7N3O2S. The first kappa shape index (κ1) is 10.6. The summed E-state index contributed by atoms with van der Waals surface area (Å²) in [5, 5.41) is 17.2. The molecule has 0 atom stereocenters. The summed E-state index contributed by atoms with van der Waals surface area (Å²) in [6.45, 7) is 0. The molecule has 0 spiro atoms. The minimum atomic E-state index is -3.56. The van der Waals surface area contributed by atoms with Crippen molar-refractivity contribution in [3.05, 3.63) is 23.5 Å². The molecule has 0 N–H and O–H groups in total. The quantitative estimate of drug-likeness (QED) is 0.751. The minimum absolute atomic E-state index is 0.00144. The third kappa shape index (κ3) is 1.54. The molecule has 6 heteroatoms. The standard InChI is InChI=1S/C10H7N3O2S/c11-5-7-3-4-13-9(6-12)10(7)16(14,15)8-1-2-8/h3-4,8H,1-2H2. The van der Waals surface area contributed by atoms with Crippen LogP contribution in [0, 0.1) is 22.7 Å². The maximum absolute atomic E-state index is 12.0. The van der Waals surface area contributed by atoms with E-state index in [4.69, 9.17) is 10.5 Å². The van der Waals surface area contributed by atoms with E-state index in [1.54, 1.807) is 12.1 Å². The molecule has 1 aromatic rings. The average molecular weight is 233 g/mol. The van der Waals surface area contributed by atoms with Gasteiger partial charge in [0.1, 0.15) is 17.0 Å². The zero-order valence-corrected chi connectivity index (χ0v) is 9.03. The van der Waals surface area contributed by atoms with Crippen molar-refractivity contribution >= 4 is 9.84 Å². The molecule has 0 amide bonds. The zero-order valence-electron chi connectivity index (χ0n) is 8.21. The smallest absolute Gasteiger partial charge is 0.185 e. The molecule has 0 radical (unpaired) electrons. The van der Waals surface area contributed by atoms with Crippen LogP contribution in [0.3, 0.4) is 0 Å². The molecule has 1 aliphatic rings. The van der Waals surface area contributed by atoms with Crippen LogP contribution in [-0.4, -0.2) is 18.7 Å². The van der Waals surface area contributed by atoms with E-state index in [1.165, 1.54) is 12.3 Å². The second kappa shape index (κ2) is 3.58. The maximum atomic E-state index is 12.0. The normalized spacial score (nSPS) is 15.1. The van der Waals surface area contributed by atoms with Gasteiger partial charge in [0.25, 0.3) is 0 Å². The molecule has 0 aliphatic heterocycles. The summed E-state index contributed by atoms with van der Waals surface area (Å²) in [6, 6.07) is 4.82. The van der Waals surface area contributed by atoms with Crippen LogP contribution in [0.15, 0.2) is 17.2 Å². The molecule has 1 fully saturated rings. The monoisotopic (exact) mass is 233 g/mol. The van der Waals surface area contributed by atoms with Gasteiger partial charge in [-0.2, -0.15) is 10.5 Å². The lowest BCUT2D eigenvalue weighted by atomic mass is 10.2. The second-order valence-corrected chi connectivity index (χ2v) is 5.67. The molecule has 0 unspecified atom stereocenters. The number of sulfone groups is 1. The topological polar surface area (TPSA) is 94.6 Å². The third-order valence-corrected chi connectivity index (χ3v) is 4.71. The summed E-state index contributed by atoms with van der Waals surface area (Å²) < 4.78 is 24.0. The van der Waals surface area contributed by atoms with Crippen molar-refractivity contribution in [3.8, 4) is 12.1 Å². The van der Waals surface area contributed by atoms with Crippen molar-refractivity contribution in [2.45, 2.75) is 23.0 Å². The van der Waals surface area contributed by atoms with Gasteiger partial charge in [-0.15, -0.1) is 0 Å². The van der Waals surface area contributed by atoms with Crippen molar-refractivity contribution in [2.24, 2.45) is 0 Å². The van der Waals surface area contributed by atoms with Gasteiger partial charge in [-0.3, -0.25) is 0 Å². The molecule has 5 nitrogen and oxygen atoms in total. The molecule has 2 rings (SSSR count). The van der Waals surface area contributed by atoms with Gasteiger partial charge in [-0.25, -0.2) is 13.4 Å². The summed E-state index contributed by atoms with van der Waals surface area (Å²) in [4.78, 5) is 3.48. The second-order valence-electron chi connectivity index (χ2n) is 3.50. The SMILES string of the molecule is N#Cc1ccnc(C#N)c1S(=O)(=O)C1CC1. The first-order valence-corrected chi connectivity index (χ1v) is 6.19. The Morgan fingerprint density at radius 1 is 1.31 bits per heavy atom. The van der Waals surface area contributed by atoms with E-state index < -0.39 is 15.1 Å². The van der Waals surface area contributed by atoms with E-state index in [2.05, 4.69) is 4.98 Å². The van der Waals surface area contributed by atoms with Gasteiger partial charge in [0.05, 0.1) is 10.8 Å². The number of rotatable bonds is 2. The Morgan fingerprint density at radius 3 is 2.50 bits per heavy atom. The van der Waals surface area contributed by atoms with Crippen molar-refractivity contribution in [1.29, 1.82) is 10.5 Å². The van der Waals surface area contributed by atoms with E-state index >= 15 is 0 Å². The lowest BCUT2D eigenvalue weighted by Gasteiger charge is -2.05. The Labute approximate surface area is 92.9 Å². The summed E-state index contributed by atoms with van der Waals surface area (Å²) in [6.07, 6.45) is 2.45. The molecule has 0 aromatic carbocycles. The minimum Gasteiger partial charge on any atom is -0.244 e. The fourth-order valence-electron chi connectivity index (χ4n) is 1.45. The first-order valence-electron chi connectivity index (χ1n) is 4.64. The predicted molar refractivity (Wildman–Crippen MR) is 53.9 cm³/mol. The van der Waals surface area contributed by atoms with E-state index in [1.807, 2.05) is 0 Å².